The molecular formula is C10H14N4O. The number of nitrogens with one attached hydrogen (secondary N) is 2. The van der Waals surface area contributed by atoms with Gasteiger partial charge in [-0.05, 0) is 18.6 Å². The quantitative estimate of drug-likeness (QED) is 0.474. The van der Waals surface area contributed by atoms with Gasteiger partial charge in [-0.25, -0.2) is 9.69 Å². The van der Waals surface area contributed by atoms with Crippen molar-refractivity contribution in [1.82, 2.24) is 5.32 Å². The minimum atomic E-state index is -0.420. The summed E-state index contributed by atoms with van der Waals surface area (Å²) in [5.74, 6) is -0.302. The summed E-state index contributed by atoms with van der Waals surface area (Å²) in [6.07, 6.45) is 0. The first-order chi connectivity index (χ1) is 7.07. The Hall–Kier alpha value is -2.04. The lowest BCUT2D eigenvalue weighted by Gasteiger charge is -2.21. The fraction of sp³-hybridized carbons (Fsp3) is 0.200. The molecule has 1 aromatic carbocycles. The van der Waals surface area contributed by atoms with E-state index in [1.165, 1.54) is 7.05 Å². The predicted octanol–water partition coefficient (Wildman–Crippen LogP) is 1.03. The summed E-state index contributed by atoms with van der Waals surface area (Å²) >= 11 is 0. The van der Waals surface area contributed by atoms with E-state index in [-0.39, 0.29) is 5.96 Å². The Morgan fingerprint density at radius 3 is 2.53 bits per heavy atom. The van der Waals surface area contributed by atoms with Crippen LogP contribution >= 0.6 is 0 Å². The second-order valence-corrected chi connectivity index (χ2v) is 3.06. The fourth-order valence-corrected chi connectivity index (χ4v) is 1.27. The van der Waals surface area contributed by atoms with Crippen molar-refractivity contribution in [2.75, 3.05) is 11.9 Å². The van der Waals surface area contributed by atoms with Gasteiger partial charge in [-0.2, -0.15) is 0 Å². The zero-order valence-electron chi connectivity index (χ0n) is 8.74. The smallest absolute Gasteiger partial charge is 0.328 e. The fourth-order valence-electron chi connectivity index (χ4n) is 1.27. The highest BCUT2D eigenvalue weighted by Crippen LogP contribution is 2.18. The van der Waals surface area contributed by atoms with Gasteiger partial charge in [0.2, 0.25) is 5.96 Å². The van der Waals surface area contributed by atoms with Crippen LogP contribution in [0.4, 0.5) is 10.5 Å². The molecule has 0 bridgehead atoms. The summed E-state index contributed by atoms with van der Waals surface area (Å²) < 4.78 is 0. The average molecular weight is 206 g/mol. The van der Waals surface area contributed by atoms with Gasteiger partial charge in [0.25, 0.3) is 0 Å². The zero-order chi connectivity index (χ0) is 11.4. The Labute approximate surface area is 88.4 Å². The third kappa shape index (κ3) is 2.25. The molecule has 0 unspecified atom stereocenters. The van der Waals surface area contributed by atoms with E-state index in [9.17, 15) is 4.79 Å². The van der Waals surface area contributed by atoms with Crippen molar-refractivity contribution in [3.63, 3.8) is 0 Å². The first-order valence-corrected chi connectivity index (χ1v) is 4.49. The van der Waals surface area contributed by atoms with Crippen molar-refractivity contribution in [2.24, 2.45) is 5.73 Å². The topological polar surface area (TPSA) is 82.2 Å². The van der Waals surface area contributed by atoms with Gasteiger partial charge in [0, 0.05) is 7.05 Å². The lowest BCUT2D eigenvalue weighted by Crippen LogP contribution is -2.46. The summed E-state index contributed by atoms with van der Waals surface area (Å²) in [6.45, 7) is 1.86. The van der Waals surface area contributed by atoms with Gasteiger partial charge < -0.3 is 11.1 Å². The van der Waals surface area contributed by atoms with Crippen LogP contribution in [-0.2, 0) is 0 Å². The molecule has 1 aromatic rings. The van der Waals surface area contributed by atoms with Crippen molar-refractivity contribution in [1.29, 1.82) is 5.41 Å². The van der Waals surface area contributed by atoms with Crippen molar-refractivity contribution in [2.45, 2.75) is 6.92 Å². The molecule has 0 atom stereocenters. The van der Waals surface area contributed by atoms with Gasteiger partial charge in [-0.15, -0.1) is 0 Å². The number of hydrogen-bond acceptors (Lipinski definition) is 2. The molecule has 5 nitrogen and oxygen atoms in total. The first kappa shape index (κ1) is 11.0. The Bertz CT molecular complexity index is 389. The van der Waals surface area contributed by atoms with Crippen molar-refractivity contribution >= 4 is 17.7 Å². The lowest BCUT2D eigenvalue weighted by atomic mass is 10.2. The number of carbonyl (C=O) groups is 1. The summed E-state index contributed by atoms with van der Waals surface area (Å²) in [6, 6.07) is 6.83. The van der Waals surface area contributed by atoms with Crippen LogP contribution in [0.2, 0.25) is 0 Å². The molecule has 0 radical (unpaired) electrons. The second kappa shape index (κ2) is 4.45. The molecule has 0 aliphatic carbocycles. The molecular weight excluding hydrogens is 192 g/mol. The normalized spacial score (nSPS) is 9.47. The summed E-state index contributed by atoms with van der Waals surface area (Å²) in [5.41, 5.74) is 6.86. The maximum absolute atomic E-state index is 11.5. The predicted molar refractivity (Wildman–Crippen MR) is 60.0 cm³/mol. The molecule has 0 heterocycles. The number of benzene rings is 1. The van der Waals surface area contributed by atoms with Crippen LogP contribution in [0.1, 0.15) is 5.56 Å². The molecule has 0 aliphatic heterocycles. The Balaban J connectivity index is 3.16. The summed E-state index contributed by atoms with van der Waals surface area (Å²) in [7, 11) is 1.50. The van der Waals surface area contributed by atoms with Crippen LogP contribution < -0.4 is 16.0 Å². The third-order valence-corrected chi connectivity index (χ3v) is 2.01. The molecule has 4 N–H and O–H groups in total. The molecule has 0 aromatic heterocycles. The number of hydrogen-bond donors (Lipinski definition) is 3. The molecule has 1 rings (SSSR count). The number of guanidine groups is 1. The van der Waals surface area contributed by atoms with Crippen molar-refractivity contribution < 1.29 is 4.79 Å². The van der Waals surface area contributed by atoms with Crippen LogP contribution in [0.3, 0.4) is 0 Å². The number of amides is 2. The standard InChI is InChI=1S/C10H14N4O/c1-7-5-3-4-6-8(7)14(9(11)12)10(15)13-2/h3-6H,1-2H3,(H3,11,12)(H,13,15). The lowest BCUT2D eigenvalue weighted by molar-refractivity contribution is 0.251. The minimum Gasteiger partial charge on any atom is -0.369 e. The van der Waals surface area contributed by atoms with Crippen LogP contribution in [0.25, 0.3) is 0 Å². The second-order valence-electron chi connectivity index (χ2n) is 3.06. The van der Waals surface area contributed by atoms with Gasteiger partial charge in [0.05, 0.1) is 5.69 Å². The van der Waals surface area contributed by atoms with Gasteiger partial charge in [-0.3, -0.25) is 5.41 Å². The van der Waals surface area contributed by atoms with E-state index in [2.05, 4.69) is 5.32 Å². The van der Waals surface area contributed by atoms with Gasteiger partial charge in [-0.1, -0.05) is 18.2 Å². The number of nitrogens with two attached hydrogens (primary N) is 1. The minimum absolute atomic E-state index is 0.302. The highest BCUT2D eigenvalue weighted by molar-refractivity contribution is 6.14. The number of aryl methyl sites for hydroxylation is 1. The van der Waals surface area contributed by atoms with E-state index >= 15 is 0 Å². The third-order valence-electron chi connectivity index (χ3n) is 2.01. The van der Waals surface area contributed by atoms with Gasteiger partial charge >= 0.3 is 6.03 Å². The van der Waals surface area contributed by atoms with E-state index in [0.717, 1.165) is 10.5 Å². The SMILES string of the molecule is CNC(=O)N(C(=N)N)c1ccccc1C. The molecule has 0 saturated carbocycles. The maximum Gasteiger partial charge on any atom is 0.328 e. The maximum atomic E-state index is 11.5. The highest BCUT2D eigenvalue weighted by Gasteiger charge is 2.18. The van der Waals surface area contributed by atoms with E-state index in [1.54, 1.807) is 12.1 Å². The average Bonchev–Trinajstić information content (AvgIpc) is 2.20. The van der Waals surface area contributed by atoms with Crippen molar-refractivity contribution in [3.05, 3.63) is 29.8 Å². The van der Waals surface area contributed by atoms with Crippen molar-refractivity contribution in [3.8, 4) is 0 Å². The van der Waals surface area contributed by atoms with Gasteiger partial charge in [0.1, 0.15) is 0 Å². The number of carbonyl (C=O) groups excluding carboxylic acids is 1. The van der Waals surface area contributed by atoms with E-state index < -0.39 is 6.03 Å². The molecule has 0 spiro atoms. The van der Waals surface area contributed by atoms with E-state index in [4.69, 9.17) is 11.1 Å². The van der Waals surface area contributed by atoms with Crippen LogP contribution in [0, 0.1) is 12.3 Å². The van der Waals surface area contributed by atoms with Crippen LogP contribution in [0.5, 0.6) is 0 Å². The molecule has 5 heteroatoms. The molecule has 2 amide bonds. The zero-order valence-corrected chi connectivity index (χ0v) is 8.74. The van der Waals surface area contributed by atoms with E-state index in [1.807, 2.05) is 19.1 Å². The Morgan fingerprint density at radius 2 is 2.07 bits per heavy atom. The monoisotopic (exact) mass is 206 g/mol. The summed E-state index contributed by atoms with van der Waals surface area (Å²) in [5, 5.41) is 9.80. The molecule has 15 heavy (non-hydrogen) atoms. The molecule has 80 valence electrons. The van der Waals surface area contributed by atoms with Gasteiger partial charge in [0.15, 0.2) is 0 Å². The number of nitrogens with zero attached hydrogens (tertiary/aromatic N) is 1. The molecule has 0 saturated heterocycles. The highest BCUT2D eigenvalue weighted by atomic mass is 16.2. The van der Waals surface area contributed by atoms with E-state index in [0.29, 0.717) is 5.69 Å². The van der Waals surface area contributed by atoms with Crippen LogP contribution in [-0.4, -0.2) is 19.0 Å². The Kier molecular flexibility index (Phi) is 3.28. The molecule has 0 aliphatic rings. The number of rotatable bonds is 1. The largest absolute Gasteiger partial charge is 0.369 e. The summed E-state index contributed by atoms with van der Waals surface area (Å²) in [4.78, 5) is 12.6. The Morgan fingerprint density at radius 1 is 1.47 bits per heavy atom. The number of anilines is 1. The first-order valence-electron chi connectivity index (χ1n) is 4.49. The number of para-hydroxylation sites is 1. The molecule has 0 fully saturated rings. The number of urea groups is 1. The van der Waals surface area contributed by atoms with Crippen LogP contribution in [0.15, 0.2) is 24.3 Å².